The average Bonchev–Trinajstić information content (AvgIpc) is 2.91. The van der Waals surface area contributed by atoms with E-state index in [1.54, 1.807) is 12.3 Å². The summed E-state index contributed by atoms with van der Waals surface area (Å²) in [6.45, 7) is 7.71. The van der Waals surface area contributed by atoms with Crippen molar-refractivity contribution in [3.05, 3.63) is 87.7 Å². The summed E-state index contributed by atoms with van der Waals surface area (Å²) in [7, 11) is 1.97. The number of anilines is 1. The Kier molecular flexibility index (Phi) is 11.4. The lowest BCUT2D eigenvalue weighted by molar-refractivity contribution is 0.278. The standard InChI is InChI=1S/C28H39ClFN7/c1-3-14-37(16-13-33-2)15-9-22-18-23(8-12-35-22)36-27(28(32)20-6-10-34-11-7-20)19-26(31)24-17-21(29)4-5-25(24)30/h4-6,8,12,17-19,33-34H,3,7,9-11,13-16,31-32H2,1-2H3,(H,35,36)/b26-19-,28-27+. The minimum Gasteiger partial charge on any atom is -0.398 e. The Bertz CT molecular complexity index is 1130. The van der Waals surface area contributed by atoms with Gasteiger partial charge in [-0.25, -0.2) is 4.39 Å². The van der Waals surface area contributed by atoms with Gasteiger partial charge in [-0.3, -0.25) is 4.98 Å². The van der Waals surface area contributed by atoms with Crippen LogP contribution in [0.15, 0.2) is 65.6 Å². The van der Waals surface area contributed by atoms with Crippen LogP contribution in [0.25, 0.3) is 5.70 Å². The van der Waals surface area contributed by atoms with E-state index in [1.807, 2.05) is 19.2 Å². The number of halogens is 2. The van der Waals surface area contributed by atoms with Crippen LogP contribution < -0.4 is 27.4 Å². The fourth-order valence-electron chi connectivity index (χ4n) is 4.22. The molecule has 0 bridgehead atoms. The number of nitrogens with zero attached hydrogens (tertiary/aromatic N) is 2. The van der Waals surface area contributed by atoms with E-state index in [0.717, 1.165) is 75.5 Å². The van der Waals surface area contributed by atoms with Gasteiger partial charge in [0.1, 0.15) is 5.82 Å². The molecule has 1 aromatic carbocycles. The van der Waals surface area contributed by atoms with Crippen molar-refractivity contribution in [2.24, 2.45) is 11.5 Å². The van der Waals surface area contributed by atoms with Gasteiger partial charge in [-0.05, 0) is 75.0 Å². The monoisotopic (exact) mass is 527 g/mol. The molecule has 0 radical (unpaired) electrons. The van der Waals surface area contributed by atoms with Crippen LogP contribution in [-0.2, 0) is 6.42 Å². The smallest absolute Gasteiger partial charge is 0.132 e. The van der Waals surface area contributed by atoms with Gasteiger partial charge >= 0.3 is 0 Å². The zero-order valence-corrected chi connectivity index (χ0v) is 22.5. The maximum atomic E-state index is 14.5. The summed E-state index contributed by atoms with van der Waals surface area (Å²) in [6, 6.07) is 8.23. The normalized spacial score (nSPS) is 14.9. The zero-order valence-electron chi connectivity index (χ0n) is 21.8. The van der Waals surface area contributed by atoms with E-state index in [-0.39, 0.29) is 11.3 Å². The molecule has 0 amide bonds. The number of nitrogens with two attached hydrogens (primary N) is 2. The lowest BCUT2D eigenvalue weighted by Gasteiger charge is -2.21. The molecule has 7 nitrogen and oxygen atoms in total. The van der Waals surface area contributed by atoms with E-state index in [2.05, 4.69) is 38.8 Å². The van der Waals surface area contributed by atoms with Crippen LogP contribution >= 0.6 is 11.6 Å². The second kappa shape index (κ2) is 14.7. The lowest BCUT2D eigenvalue weighted by Crippen LogP contribution is -2.33. The molecule has 0 fully saturated rings. The van der Waals surface area contributed by atoms with E-state index in [9.17, 15) is 4.39 Å². The van der Waals surface area contributed by atoms with E-state index >= 15 is 0 Å². The summed E-state index contributed by atoms with van der Waals surface area (Å²) in [6.07, 6.45) is 8.26. The predicted molar refractivity (Wildman–Crippen MR) is 153 cm³/mol. The molecule has 0 spiro atoms. The highest BCUT2D eigenvalue weighted by Gasteiger charge is 2.14. The minimum absolute atomic E-state index is 0.229. The first kappa shape index (κ1) is 28.7. The van der Waals surface area contributed by atoms with E-state index in [1.165, 1.54) is 18.2 Å². The molecule has 0 atom stereocenters. The van der Waals surface area contributed by atoms with Crippen molar-refractivity contribution < 1.29 is 4.39 Å². The van der Waals surface area contributed by atoms with Crippen molar-refractivity contribution in [1.29, 1.82) is 0 Å². The fraction of sp³-hybridized carbons (Fsp3) is 0.393. The third-order valence-electron chi connectivity index (χ3n) is 6.24. The van der Waals surface area contributed by atoms with E-state index in [4.69, 9.17) is 23.1 Å². The van der Waals surface area contributed by atoms with Gasteiger partial charge in [-0.2, -0.15) is 0 Å². The number of benzene rings is 1. The van der Waals surface area contributed by atoms with Crippen LogP contribution in [0, 0.1) is 5.82 Å². The van der Waals surface area contributed by atoms with Gasteiger partial charge in [0.15, 0.2) is 0 Å². The Morgan fingerprint density at radius 2 is 2.05 bits per heavy atom. The molecule has 0 saturated carbocycles. The maximum absolute atomic E-state index is 14.5. The Labute approximate surface area is 224 Å². The summed E-state index contributed by atoms with van der Waals surface area (Å²) in [4.78, 5) is 7.01. The molecule has 1 aliphatic heterocycles. The summed E-state index contributed by atoms with van der Waals surface area (Å²) in [5.41, 5.74) is 17.4. The molecule has 37 heavy (non-hydrogen) atoms. The van der Waals surface area contributed by atoms with Gasteiger partial charge in [0.05, 0.1) is 11.4 Å². The van der Waals surface area contributed by atoms with Crippen molar-refractivity contribution in [2.45, 2.75) is 26.2 Å². The van der Waals surface area contributed by atoms with Crippen LogP contribution in [0.5, 0.6) is 0 Å². The molecule has 200 valence electrons. The Morgan fingerprint density at radius 1 is 1.22 bits per heavy atom. The molecule has 0 unspecified atom stereocenters. The van der Waals surface area contributed by atoms with Crippen LogP contribution in [0.2, 0.25) is 5.02 Å². The molecule has 1 aromatic heterocycles. The first-order valence-corrected chi connectivity index (χ1v) is 13.2. The largest absolute Gasteiger partial charge is 0.398 e. The molecular formula is C28H39ClFN7. The first-order valence-electron chi connectivity index (χ1n) is 12.8. The highest BCUT2D eigenvalue weighted by molar-refractivity contribution is 6.30. The second-order valence-electron chi connectivity index (χ2n) is 9.09. The third-order valence-corrected chi connectivity index (χ3v) is 6.47. The summed E-state index contributed by atoms with van der Waals surface area (Å²) in [5.74, 6) is -0.446. The minimum atomic E-state index is -0.446. The van der Waals surface area contributed by atoms with Gasteiger partial charge in [0, 0.05) is 66.5 Å². The van der Waals surface area contributed by atoms with Crippen molar-refractivity contribution in [3.8, 4) is 0 Å². The number of nitrogens with one attached hydrogen (secondary N) is 3. The number of likely N-dealkylation sites (N-methyl/N-ethyl adjacent to an activating group) is 1. The molecular weight excluding hydrogens is 489 g/mol. The van der Waals surface area contributed by atoms with Gasteiger partial charge < -0.3 is 32.3 Å². The summed E-state index contributed by atoms with van der Waals surface area (Å²) < 4.78 is 14.5. The molecule has 9 heteroatoms. The third kappa shape index (κ3) is 8.86. The van der Waals surface area contributed by atoms with Gasteiger partial charge in [-0.1, -0.05) is 24.6 Å². The molecule has 2 heterocycles. The van der Waals surface area contributed by atoms with Crippen molar-refractivity contribution in [1.82, 2.24) is 20.5 Å². The quantitative estimate of drug-likeness (QED) is 0.252. The molecule has 0 saturated heterocycles. The maximum Gasteiger partial charge on any atom is 0.132 e. The van der Waals surface area contributed by atoms with Crippen molar-refractivity contribution in [3.63, 3.8) is 0 Å². The molecule has 3 rings (SSSR count). The topological polar surface area (TPSA) is 104 Å². The molecule has 1 aliphatic rings. The lowest BCUT2D eigenvalue weighted by atomic mass is 10.0. The van der Waals surface area contributed by atoms with Crippen LogP contribution in [0.4, 0.5) is 10.1 Å². The van der Waals surface area contributed by atoms with Crippen LogP contribution in [-0.4, -0.2) is 56.2 Å². The summed E-state index contributed by atoms with van der Waals surface area (Å²) in [5, 5.41) is 10.3. The van der Waals surface area contributed by atoms with Crippen molar-refractivity contribution in [2.75, 3.05) is 51.6 Å². The number of rotatable bonds is 13. The number of allylic oxidation sites excluding steroid dienone is 2. The average molecular weight is 528 g/mol. The molecule has 2 aromatic rings. The van der Waals surface area contributed by atoms with E-state index in [0.29, 0.717) is 16.4 Å². The van der Waals surface area contributed by atoms with Gasteiger partial charge in [-0.15, -0.1) is 0 Å². The fourth-order valence-corrected chi connectivity index (χ4v) is 4.39. The predicted octanol–water partition coefficient (Wildman–Crippen LogP) is 3.85. The molecule has 7 N–H and O–H groups in total. The highest BCUT2D eigenvalue weighted by Crippen LogP contribution is 2.24. The second-order valence-corrected chi connectivity index (χ2v) is 9.53. The zero-order chi connectivity index (χ0) is 26.6. The van der Waals surface area contributed by atoms with Crippen LogP contribution in [0.3, 0.4) is 0 Å². The SMILES string of the molecule is CCCN(CCNC)CCc1cc(NC(/C=C(\N)c2cc(Cl)ccc2F)=C(/N)C2=CCNCC2)ccn1. The Hall–Kier alpha value is -2.91. The number of pyridine rings is 1. The van der Waals surface area contributed by atoms with E-state index < -0.39 is 5.82 Å². The molecule has 0 aliphatic carbocycles. The number of hydrogen-bond donors (Lipinski definition) is 5. The van der Waals surface area contributed by atoms with Crippen molar-refractivity contribution >= 4 is 23.0 Å². The van der Waals surface area contributed by atoms with Crippen LogP contribution in [0.1, 0.15) is 31.0 Å². The highest BCUT2D eigenvalue weighted by atomic mass is 35.5. The first-order chi connectivity index (χ1) is 17.9. The van der Waals surface area contributed by atoms with Gasteiger partial charge in [0.25, 0.3) is 0 Å². The van der Waals surface area contributed by atoms with Gasteiger partial charge in [0.2, 0.25) is 0 Å². The summed E-state index contributed by atoms with van der Waals surface area (Å²) >= 11 is 6.10. The number of hydrogen-bond acceptors (Lipinski definition) is 7. The Morgan fingerprint density at radius 3 is 2.78 bits per heavy atom. The Balaban J connectivity index is 1.87. The number of aromatic nitrogens is 1.